The molecule has 0 N–H and O–H groups in total. The minimum absolute atomic E-state index is 0.238. The summed E-state index contributed by atoms with van der Waals surface area (Å²) in [6.07, 6.45) is -3.51. The number of halogens is 4. The first-order valence-corrected chi connectivity index (χ1v) is 4.54. The second-order valence-electron chi connectivity index (χ2n) is 2.81. The molecule has 0 aromatic rings. The Kier molecular flexibility index (Phi) is 4.88. The standard InChI is InChI=1S/C8H8F4.C2H6/c1-5-2-3-6(7(9)4-5)8(10,11)12;1-2/h4H,2-3H2,1H3;1-2H3. The molecule has 0 radical (unpaired) electrons. The topological polar surface area (TPSA) is 0 Å². The van der Waals surface area contributed by atoms with Crippen molar-refractivity contribution in [3.8, 4) is 0 Å². The third-order valence-corrected chi connectivity index (χ3v) is 1.77. The fourth-order valence-corrected chi connectivity index (χ4v) is 1.09. The van der Waals surface area contributed by atoms with Crippen molar-refractivity contribution >= 4 is 0 Å². The van der Waals surface area contributed by atoms with Crippen LogP contribution in [0.1, 0.15) is 33.6 Å². The van der Waals surface area contributed by atoms with Gasteiger partial charge in [0.25, 0.3) is 0 Å². The van der Waals surface area contributed by atoms with Gasteiger partial charge in [-0.25, -0.2) is 4.39 Å². The van der Waals surface area contributed by atoms with E-state index >= 15 is 0 Å². The van der Waals surface area contributed by atoms with Crippen LogP contribution in [0.2, 0.25) is 0 Å². The molecular formula is C10H14F4. The van der Waals surface area contributed by atoms with Gasteiger partial charge in [0.05, 0.1) is 5.57 Å². The van der Waals surface area contributed by atoms with E-state index < -0.39 is 17.6 Å². The van der Waals surface area contributed by atoms with E-state index in [2.05, 4.69) is 0 Å². The van der Waals surface area contributed by atoms with Crippen molar-refractivity contribution in [3.05, 3.63) is 23.0 Å². The molecule has 0 aromatic heterocycles. The van der Waals surface area contributed by atoms with Crippen molar-refractivity contribution in [3.63, 3.8) is 0 Å². The van der Waals surface area contributed by atoms with Crippen LogP contribution in [0, 0.1) is 0 Å². The van der Waals surface area contributed by atoms with Crippen LogP contribution in [0.4, 0.5) is 17.6 Å². The van der Waals surface area contributed by atoms with Gasteiger partial charge in [-0.05, 0) is 25.8 Å². The van der Waals surface area contributed by atoms with Gasteiger partial charge < -0.3 is 0 Å². The van der Waals surface area contributed by atoms with Gasteiger partial charge in [-0.2, -0.15) is 13.2 Å². The molecular weight excluding hydrogens is 196 g/mol. The summed E-state index contributed by atoms with van der Waals surface area (Å²) in [5, 5.41) is 0. The summed E-state index contributed by atoms with van der Waals surface area (Å²) < 4.78 is 48.7. The minimum atomic E-state index is -4.51. The minimum Gasteiger partial charge on any atom is -0.207 e. The second-order valence-corrected chi connectivity index (χ2v) is 2.81. The smallest absolute Gasteiger partial charge is 0.207 e. The van der Waals surface area contributed by atoms with Crippen LogP contribution in [0.25, 0.3) is 0 Å². The average Bonchev–Trinajstić information content (AvgIpc) is 2.05. The van der Waals surface area contributed by atoms with Crippen molar-refractivity contribution in [2.24, 2.45) is 0 Å². The summed E-state index contributed by atoms with van der Waals surface area (Å²) >= 11 is 0. The molecule has 0 aromatic carbocycles. The summed E-state index contributed by atoms with van der Waals surface area (Å²) in [5.74, 6) is -1.13. The van der Waals surface area contributed by atoms with Gasteiger partial charge in [-0.3, -0.25) is 0 Å². The maximum Gasteiger partial charge on any atom is 0.415 e. The fraction of sp³-hybridized carbons (Fsp3) is 0.600. The molecule has 4 heteroatoms. The molecule has 0 heterocycles. The highest BCUT2D eigenvalue weighted by Crippen LogP contribution is 2.36. The van der Waals surface area contributed by atoms with Gasteiger partial charge >= 0.3 is 6.18 Å². The van der Waals surface area contributed by atoms with Crippen LogP contribution in [0.5, 0.6) is 0 Å². The van der Waals surface area contributed by atoms with Crippen LogP contribution >= 0.6 is 0 Å². The van der Waals surface area contributed by atoms with Crippen molar-refractivity contribution in [2.75, 3.05) is 0 Å². The number of alkyl halides is 3. The fourth-order valence-electron chi connectivity index (χ4n) is 1.09. The van der Waals surface area contributed by atoms with Gasteiger partial charge in [0, 0.05) is 0 Å². The first-order chi connectivity index (χ1) is 6.41. The monoisotopic (exact) mass is 210 g/mol. The largest absolute Gasteiger partial charge is 0.415 e. The summed E-state index contributed by atoms with van der Waals surface area (Å²) in [7, 11) is 0. The highest BCUT2D eigenvalue weighted by molar-refractivity contribution is 5.30. The third-order valence-electron chi connectivity index (χ3n) is 1.77. The van der Waals surface area contributed by atoms with Crippen LogP contribution in [-0.2, 0) is 0 Å². The predicted molar refractivity (Wildman–Crippen MR) is 48.5 cm³/mol. The molecule has 0 fully saturated rings. The Bertz CT molecular complexity index is 245. The Morgan fingerprint density at radius 3 is 2.00 bits per heavy atom. The second kappa shape index (κ2) is 5.17. The average molecular weight is 210 g/mol. The van der Waals surface area contributed by atoms with Gasteiger partial charge in [-0.15, -0.1) is 0 Å². The third kappa shape index (κ3) is 3.52. The molecule has 0 saturated heterocycles. The quantitative estimate of drug-likeness (QED) is 0.515. The van der Waals surface area contributed by atoms with E-state index in [0.717, 1.165) is 6.08 Å². The number of rotatable bonds is 0. The highest BCUT2D eigenvalue weighted by Gasteiger charge is 2.37. The summed E-state index contributed by atoms with van der Waals surface area (Å²) in [5.41, 5.74) is -0.381. The Balaban J connectivity index is 0.000000791. The van der Waals surface area contributed by atoms with Crippen LogP contribution in [0.3, 0.4) is 0 Å². The Hall–Kier alpha value is -0.800. The SMILES string of the molecule is CC.CC1=CC(F)=C(C(F)(F)F)CC1. The van der Waals surface area contributed by atoms with Gasteiger partial charge in [0.15, 0.2) is 0 Å². The molecule has 14 heavy (non-hydrogen) atoms. The van der Waals surface area contributed by atoms with Crippen molar-refractivity contribution in [1.82, 2.24) is 0 Å². The molecule has 0 spiro atoms. The van der Waals surface area contributed by atoms with E-state index in [4.69, 9.17) is 0 Å². The molecule has 0 amide bonds. The molecule has 0 unspecified atom stereocenters. The first-order valence-electron chi connectivity index (χ1n) is 4.54. The molecule has 82 valence electrons. The Morgan fingerprint density at radius 2 is 1.64 bits per heavy atom. The molecule has 0 aliphatic heterocycles. The Labute approximate surface area is 81.3 Å². The predicted octanol–water partition coefficient (Wildman–Crippen LogP) is 4.54. The van der Waals surface area contributed by atoms with Crippen molar-refractivity contribution < 1.29 is 17.6 Å². The number of hydrogen-bond donors (Lipinski definition) is 0. The van der Waals surface area contributed by atoms with E-state index in [1.807, 2.05) is 13.8 Å². The highest BCUT2D eigenvalue weighted by atomic mass is 19.4. The van der Waals surface area contributed by atoms with Gasteiger partial charge in [-0.1, -0.05) is 19.4 Å². The van der Waals surface area contributed by atoms with E-state index in [1.54, 1.807) is 6.92 Å². The van der Waals surface area contributed by atoms with E-state index in [1.165, 1.54) is 0 Å². The van der Waals surface area contributed by atoms with Crippen LogP contribution in [-0.4, -0.2) is 6.18 Å². The van der Waals surface area contributed by atoms with E-state index in [-0.39, 0.29) is 6.42 Å². The van der Waals surface area contributed by atoms with Gasteiger partial charge in [0.2, 0.25) is 0 Å². The lowest BCUT2D eigenvalue weighted by Gasteiger charge is -2.16. The van der Waals surface area contributed by atoms with Crippen LogP contribution in [0.15, 0.2) is 23.0 Å². The summed E-state index contributed by atoms with van der Waals surface area (Å²) in [6, 6.07) is 0. The number of allylic oxidation sites excluding steroid dienone is 4. The number of hydrogen-bond acceptors (Lipinski definition) is 0. The van der Waals surface area contributed by atoms with Crippen LogP contribution < -0.4 is 0 Å². The lowest BCUT2D eigenvalue weighted by Crippen LogP contribution is -2.15. The molecule has 1 rings (SSSR count). The normalized spacial score (nSPS) is 17.2. The molecule has 0 bridgehead atoms. The van der Waals surface area contributed by atoms with E-state index in [0.29, 0.717) is 12.0 Å². The molecule has 1 aliphatic rings. The maximum atomic E-state index is 12.7. The van der Waals surface area contributed by atoms with E-state index in [9.17, 15) is 17.6 Å². The molecule has 0 atom stereocenters. The zero-order valence-electron chi connectivity index (χ0n) is 8.50. The lowest BCUT2D eigenvalue weighted by molar-refractivity contribution is -0.0958. The maximum absolute atomic E-state index is 12.7. The zero-order valence-corrected chi connectivity index (χ0v) is 8.50. The van der Waals surface area contributed by atoms with Crippen molar-refractivity contribution in [2.45, 2.75) is 39.8 Å². The first kappa shape index (κ1) is 13.2. The van der Waals surface area contributed by atoms with Crippen molar-refractivity contribution in [1.29, 1.82) is 0 Å². The Morgan fingerprint density at radius 1 is 1.14 bits per heavy atom. The lowest BCUT2D eigenvalue weighted by atomic mass is 9.98. The molecule has 1 aliphatic carbocycles. The summed E-state index contributed by atoms with van der Waals surface area (Å²) in [6.45, 7) is 5.62. The van der Waals surface area contributed by atoms with Gasteiger partial charge in [0.1, 0.15) is 5.83 Å². The molecule has 0 nitrogen and oxygen atoms in total. The summed E-state index contributed by atoms with van der Waals surface area (Å²) in [4.78, 5) is 0. The zero-order chi connectivity index (χ0) is 11.4. The molecule has 0 saturated carbocycles.